The van der Waals surface area contributed by atoms with Crippen LogP contribution in [0.25, 0.3) is 0 Å². The molecular weight excluding hydrogens is 356 g/mol. The highest BCUT2D eigenvalue weighted by Crippen LogP contribution is 2.29. The van der Waals surface area contributed by atoms with Crippen molar-refractivity contribution < 1.29 is 17.6 Å². The second-order valence-electron chi connectivity index (χ2n) is 6.47. The van der Waals surface area contributed by atoms with Gasteiger partial charge in [-0.15, -0.1) is 0 Å². The van der Waals surface area contributed by atoms with Gasteiger partial charge in [0.1, 0.15) is 17.0 Å². The standard InChI is InChI=1S/C17H22N4O4S/c1-26(23,24)15-9-18-12-20-17(15)13-4-2-6-21(10-13)11-16(22)19-8-14-5-3-7-25-14/h3,5,7,9,12-13H,2,4,6,8,10-11H2,1H3,(H,19,22). The zero-order valence-corrected chi connectivity index (χ0v) is 15.4. The van der Waals surface area contributed by atoms with E-state index in [4.69, 9.17) is 4.42 Å². The summed E-state index contributed by atoms with van der Waals surface area (Å²) in [5, 5.41) is 2.83. The summed E-state index contributed by atoms with van der Waals surface area (Å²) in [7, 11) is -3.39. The number of sulfone groups is 1. The van der Waals surface area contributed by atoms with Crippen LogP contribution in [0, 0.1) is 0 Å². The number of nitrogens with zero attached hydrogens (tertiary/aromatic N) is 3. The van der Waals surface area contributed by atoms with E-state index in [0.29, 0.717) is 24.5 Å². The van der Waals surface area contributed by atoms with E-state index >= 15 is 0 Å². The molecule has 3 heterocycles. The molecule has 3 rings (SSSR count). The molecule has 140 valence electrons. The summed E-state index contributed by atoms with van der Waals surface area (Å²) in [4.78, 5) is 22.4. The molecule has 1 aliphatic heterocycles. The van der Waals surface area contributed by atoms with Crippen molar-refractivity contribution in [3.05, 3.63) is 42.4 Å². The summed E-state index contributed by atoms with van der Waals surface area (Å²) in [6.45, 7) is 2.00. The number of hydrogen-bond donors (Lipinski definition) is 1. The predicted molar refractivity (Wildman–Crippen MR) is 94.1 cm³/mol. The van der Waals surface area contributed by atoms with Crippen molar-refractivity contribution in [1.29, 1.82) is 0 Å². The Kier molecular flexibility index (Phi) is 5.67. The van der Waals surface area contributed by atoms with Crippen molar-refractivity contribution in [2.24, 2.45) is 0 Å². The summed E-state index contributed by atoms with van der Waals surface area (Å²) in [5.41, 5.74) is 0.545. The zero-order chi connectivity index (χ0) is 18.6. The van der Waals surface area contributed by atoms with E-state index in [1.165, 1.54) is 12.5 Å². The van der Waals surface area contributed by atoms with Crippen LogP contribution in [0.1, 0.15) is 30.2 Å². The van der Waals surface area contributed by atoms with Gasteiger partial charge in [0.05, 0.1) is 25.0 Å². The third-order valence-electron chi connectivity index (χ3n) is 4.41. The molecule has 2 aromatic heterocycles. The number of rotatable bonds is 6. The third kappa shape index (κ3) is 4.67. The Balaban J connectivity index is 1.62. The van der Waals surface area contributed by atoms with Crippen molar-refractivity contribution in [3.8, 4) is 0 Å². The molecule has 1 saturated heterocycles. The van der Waals surface area contributed by atoms with Gasteiger partial charge >= 0.3 is 0 Å². The average Bonchev–Trinajstić information content (AvgIpc) is 3.13. The SMILES string of the molecule is CS(=O)(=O)c1cncnc1C1CCCN(CC(=O)NCc2ccco2)C1. The lowest BCUT2D eigenvalue weighted by atomic mass is 9.94. The molecule has 2 aromatic rings. The van der Waals surface area contributed by atoms with Crippen molar-refractivity contribution in [1.82, 2.24) is 20.2 Å². The number of carbonyl (C=O) groups is 1. The second kappa shape index (κ2) is 7.96. The maximum Gasteiger partial charge on any atom is 0.234 e. The number of amides is 1. The molecule has 1 amide bonds. The molecule has 1 fully saturated rings. The van der Waals surface area contributed by atoms with Gasteiger partial charge in [0.15, 0.2) is 9.84 Å². The maximum atomic E-state index is 12.2. The Morgan fingerprint density at radius 2 is 2.31 bits per heavy atom. The van der Waals surface area contributed by atoms with E-state index < -0.39 is 9.84 Å². The fourth-order valence-electron chi connectivity index (χ4n) is 3.20. The summed E-state index contributed by atoms with van der Waals surface area (Å²) in [6, 6.07) is 3.58. The van der Waals surface area contributed by atoms with Gasteiger partial charge in [0, 0.05) is 24.9 Å². The highest BCUT2D eigenvalue weighted by atomic mass is 32.2. The summed E-state index contributed by atoms with van der Waals surface area (Å²) >= 11 is 0. The molecule has 0 saturated carbocycles. The van der Waals surface area contributed by atoms with Crippen molar-refractivity contribution in [2.45, 2.75) is 30.2 Å². The third-order valence-corrected chi connectivity index (χ3v) is 5.52. The molecule has 0 aromatic carbocycles. The molecule has 1 unspecified atom stereocenters. The number of nitrogens with one attached hydrogen (secondary N) is 1. The van der Waals surface area contributed by atoms with Crippen molar-refractivity contribution >= 4 is 15.7 Å². The Morgan fingerprint density at radius 3 is 3.04 bits per heavy atom. The number of piperidine rings is 1. The molecule has 0 radical (unpaired) electrons. The van der Waals surface area contributed by atoms with E-state index in [1.807, 2.05) is 4.90 Å². The van der Waals surface area contributed by atoms with Gasteiger partial charge in [0.25, 0.3) is 0 Å². The lowest BCUT2D eigenvalue weighted by Crippen LogP contribution is -2.42. The Hall–Kier alpha value is -2.26. The minimum Gasteiger partial charge on any atom is -0.467 e. The van der Waals surface area contributed by atoms with Gasteiger partial charge in [0.2, 0.25) is 5.91 Å². The minimum absolute atomic E-state index is 0.0330. The van der Waals surface area contributed by atoms with Gasteiger partial charge in [-0.3, -0.25) is 9.69 Å². The largest absolute Gasteiger partial charge is 0.467 e. The van der Waals surface area contributed by atoms with Gasteiger partial charge in [-0.2, -0.15) is 0 Å². The Morgan fingerprint density at radius 1 is 1.46 bits per heavy atom. The molecule has 8 nitrogen and oxygen atoms in total. The van der Waals surface area contributed by atoms with Crippen LogP contribution < -0.4 is 5.32 Å². The quantitative estimate of drug-likeness (QED) is 0.798. The highest BCUT2D eigenvalue weighted by molar-refractivity contribution is 7.90. The van der Waals surface area contributed by atoms with E-state index in [2.05, 4.69) is 15.3 Å². The fraction of sp³-hybridized carbons (Fsp3) is 0.471. The maximum absolute atomic E-state index is 12.2. The van der Waals surface area contributed by atoms with Gasteiger partial charge < -0.3 is 9.73 Å². The number of aromatic nitrogens is 2. The Bertz CT molecular complexity index is 851. The molecule has 0 spiro atoms. The summed E-state index contributed by atoms with van der Waals surface area (Å²) in [5.74, 6) is 0.580. The predicted octanol–water partition coefficient (Wildman–Crippen LogP) is 0.969. The fourth-order valence-corrected chi connectivity index (χ4v) is 4.05. The molecule has 0 bridgehead atoms. The monoisotopic (exact) mass is 378 g/mol. The molecule has 1 N–H and O–H groups in total. The van der Waals surface area contributed by atoms with Crippen LogP contribution >= 0.6 is 0 Å². The Labute approximate surface area is 152 Å². The van der Waals surface area contributed by atoms with Crippen LogP contribution in [0.3, 0.4) is 0 Å². The summed E-state index contributed by atoms with van der Waals surface area (Å²) < 4.78 is 29.2. The number of furan rings is 1. The first-order valence-electron chi connectivity index (χ1n) is 8.45. The molecule has 26 heavy (non-hydrogen) atoms. The number of carbonyl (C=O) groups excluding carboxylic acids is 1. The van der Waals surface area contributed by atoms with Crippen LogP contribution in [0.4, 0.5) is 0 Å². The molecule has 9 heteroatoms. The summed E-state index contributed by atoms with van der Waals surface area (Å²) in [6.07, 6.45) is 7.18. The number of hydrogen-bond acceptors (Lipinski definition) is 7. The van der Waals surface area contributed by atoms with Gasteiger partial charge in [-0.1, -0.05) is 0 Å². The zero-order valence-electron chi connectivity index (χ0n) is 14.6. The van der Waals surface area contributed by atoms with E-state index in [1.54, 1.807) is 18.4 Å². The van der Waals surface area contributed by atoms with E-state index in [-0.39, 0.29) is 23.3 Å². The number of likely N-dealkylation sites (tertiary alicyclic amines) is 1. The first-order chi connectivity index (χ1) is 12.4. The smallest absolute Gasteiger partial charge is 0.234 e. The first kappa shape index (κ1) is 18.5. The average molecular weight is 378 g/mol. The molecule has 1 aliphatic rings. The van der Waals surface area contributed by atoms with Crippen LogP contribution in [0.5, 0.6) is 0 Å². The first-order valence-corrected chi connectivity index (χ1v) is 10.3. The molecule has 0 aliphatic carbocycles. The molecule has 1 atom stereocenters. The topological polar surface area (TPSA) is 105 Å². The van der Waals surface area contributed by atoms with Crippen LogP contribution in [0.2, 0.25) is 0 Å². The van der Waals surface area contributed by atoms with E-state index in [0.717, 1.165) is 25.6 Å². The van der Waals surface area contributed by atoms with Crippen molar-refractivity contribution in [3.63, 3.8) is 0 Å². The highest BCUT2D eigenvalue weighted by Gasteiger charge is 2.28. The lowest BCUT2D eigenvalue weighted by Gasteiger charge is -2.32. The van der Waals surface area contributed by atoms with Crippen molar-refractivity contribution in [2.75, 3.05) is 25.9 Å². The second-order valence-corrected chi connectivity index (χ2v) is 8.46. The lowest BCUT2D eigenvalue weighted by molar-refractivity contribution is -0.122. The molecular formula is C17H22N4O4S. The van der Waals surface area contributed by atoms with Gasteiger partial charge in [-0.25, -0.2) is 18.4 Å². The normalized spacial score (nSPS) is 18.6. The minimum atomic E-state index is -3.39. The van der Waals surface area contributed by atoms with Gasteiger partial charge in [-0.05, 0) is 31.5 Å². The van der Waals surface area contributed by atoms with Crippen LogP contribution in [-0.2, 0) is 21.2 Å². The van der Waals surface area contributed by atoms with Crippen LogP contribution in [-0.4, -0.2) is 55.1 Å². The van der Waals surface area contributed by atoms with E-state index in [9.17, 15) is 13.2 Å². The van der Waals surface area contributed by atoms with Crippen LogP contribution in [0.15, 0.2) is 40.2 Å².